The van der Waals surface area contributed by atoms with Crippen LogP contribution in [0.5, 0.6) is 0 Å². The number of nitrogens with zero attached hydrogens (tertiary/aromatic N) is 5. The molecule has 160 valence electrons. The quantitative estimate of drug-likeness (QED) is 0.246. The molecular weight excluding hydrogens is 444 g/mol. The molecule has 0 radical (unpaired) electrons. The van der Waals surface area contributed by atoms with Crippen LogP contribution in [0.15, 0.2) is 89.4 Å². The minimum atomic E-state index is -0.240. The van der Waals surface area contributed by atoms with Gasteiger partial charge in [0.2, 0.25) is 0 Å². The van der Waals surface area contributed by atoms with Crippen LogP contribution in [0.25, 0.3) is 17.1 Å². The second-order valence-electron chi connectivity index (χ2n) is 6.74. The highest BCUT2D eigenvalue weighted by molar-refractivity contribution is 7.99. The minimum absolute atomic E-state index is 0.133. The van der Waals surface area contributed by atoms with Gasteiger partial charge in [0.25, 0.3) is 5.91 Å². The molecule has 0 spiro atoms. The minimum Gasteiger partial charge on any atom is -0.272 e. The van der Waals surface area contributed by atoms with E-state index in [1.54, 1.807) is 12.4 Å². The van der Waals surface area contributed by atoms with Crippen LogP contribution in [0, 0.1) is 0 Å². The van der Waals surface area contributed by atoms with Crippen molar-refractivity contribution in [3.8, 4) is 17.1 Å². The predicted octanol–water partition coefficient (Wildman–Crippen LogP) is 4.62. The average Bonchev–Trinajstić information content (AvgIpc) is 3.27. The molecular formula is C23H19ClN6OS. The lowest BCUT2D eigenvalue weighted by molar-refractivity contribution is -0.118. The van der Waals surface area contributed by atoms with Gasteiger partial charge >= 0.3 is 0 Å². The first-order chi connectivity index (χ1) is 15.6. The van der Waals surface area contributed by atoms with E-state index in [1.807, 2.05) is 78.2 Å². The SMILES string of the molecule is CC(=NNC(=O)CSc1nnc(-c2ccccc2)n1-c1ccc(Cl)cc1)c1ccncc1. The Morgan fingerprint density at radius 1 is 1.03 bits per heavy atom. The molecule has 32 heavy (non-hydrogen) atoms. The van der Waals surface area contributed by atoms with Crippen molar-refractivity contribution in [1.29, 1.82) is 0 Å². The Morgan fingerprint density at radius 3 is 2.47 bits per heavy atom. The van der Waals surface area contributed by atoms with E-state index in [0.717, 1.165) is 16.8 Å². The van der Waals surface area contributed by atoms with E-state index in [1.165, 1.54) is 11.8 Å². The molecule has 4 aromatic rings. The number of hydrogen-bond acceptors (Lipinski definition) is 6. The highest BCUT2D eigenvalue weighted by atomic mass is 35.5. The van der Waals surface area contributed by atoms with Crippen molar-refractivity contribution < 1.29 is 4.79 Å². The van der Waals surface area contributed by atoms with Gasteiger partial charge < -0.3 is 0 Å². The molecule has 0 bridgehead atoms. The van der Waals surface area contributed by atoms with Gasteiger partial charge in [0.15, 0.2) is 11.0 Å². The van der Waals surface area contributed by atoms with Gasteiger partial charge in [-0.3, -0.25) is 14.3 Å². The largest absolute Gasteiger partial charge is 0.272 e. The van der Waals surface area contributed by atoms with Crippen molar-refractivity contribution >= 4 is 35.0 Å². The lowest BCUT2D eigenvalue weighted by atomic mass is 10.2. The molecule has 0 atom stereocenters. The highest BCUT2D eigenvalue weighted by Gasteiger charge is 2.17. The molecule has 1 amide bonds. The summed E-state index contributed by atoms with van der Waals surface area (Å²) in [6.07, 6.45) is 3.36. The van der Waals surface area contributed by atoms with E-state index in [-0.39, 0.29) is 11.7 Å². The van der Waals surface area contributed by atoms with Crippen molar-refractivity contribution in [2.24, 2.45) is 5.10 Å². The maximum atomic E-state index is 12.4. The molecule has 0 aliphatic carbocycles. The number of nitrogens with one attached hydrogen (secondary N) is 1. The second-order valence-corrected chi connectivity index (χ2v) is 8.12. The molecule has 0 fully saturated rings. The summed E-state index contributed by atoms with van der Waals surface area (Å²) in [6, 6.07) is 20.8. The van der Waals surface area contributed by atoms with Gasteiger partial charge in [-0.15, -0.1) is 10.2 Å². The van der Waals surface area contributed by atoms with Crippen molar-refractivity contribution in [3.05, 3.63) is 89.7 Å². The predicted molar refractivity (Wildman–Crippen MR) is 127 cm³/mol. The zero-order chi connectivity index (χ0) is 22.3. The number of rotatable bonds is 7. The molecule has 7 nitrogen and oxygen atoms in total. The van der Waals surface area contributed by atoms with Gasteiger partial charge in [-0.05, 0) is 43.3 Å². The molecule has 2 aromatic heterocycles. The number of pyridine rings is 1. The van der Waals surface area contributed by atoms with Crippen LogP contribution in [0.3, 0.4) is 0 Å². The molecule has 9 heteroatoms. The van der Waals surface area contributed by atoms with Crippen LogP contribution in [0.4, 0.5) is 0 Å². The monoisotopic (exact) mass is 462 g/mol. The van der Waals surface area contributed by atoms with Crippen LogP contribution < -0.4 is 5.43 Å². The highest BCUT2D eigenvalue weighted by Crippen LogP contribution is 2.28. The third kappa shape index (κ3) is 5.22. The summed E-state index contributed by atoms with van der Waals surface area (Å²) < 4.78 is 1.91. The van der Waals surface area contributed by atoms with Gasteiger partial charge in [-0.25, -0.2) is 5.43 Å². The normalized spacial score (nSPS) is 11.4. The van der Waals surface area contributed by atoms with Crippen LogP contribution in [0.1, 0.15) is 12.5 Å². The molecule has 0 aliphatic rings. The molecule has 0 saturated heterocycles. The fourth-order valence-electron chi connectivity index (χ4n) is 2.93. The summed E-state index contributed by atoms with van der Waals surface area (Å²) in [4.78, 5) is 16.4. The lowest BCUT2D eigenvalue weighted by Crippen LogP contribution is -2.21. The molecule has 0 unspecified atom stereocenters. The third-order valence-corrected chi connectivity index (χ3v) is 5.71. The van der Waals surface area contributed by atoms with Gasteiger partial charge in [0.05, 0.1) is 11.5 Å². The van der Waals surface area contributed by atoms with Crippen molar-refractivity contribution in [1.82, 2.24) is 25.2 Å². The zero-order valence-corrected chi connectivity index (χ0v) is 18.7. The third-order valence-electron chi connectivity index (χ3n) is 4.53. The summed E-state index contributed by atoms with van der Waals surface area (Å²) in [6.45, 7) is 1.83. The fourth-order valence-corrected chi connectivity index (χ4v) is 3.80. The van der Waals surface area contributed by atoms with Crippen molar-refractivity contribution in [2.75, 3.05) is 5.75 Å². The Labute approximate surface area is 194 Å². The molecule has 0 aliphatic heterocycles. The van der Waals surface area contributed by atoms with E-state index in [4.69, 9.17) is 11.6 Å². The average molecular weight is 463 g/mol. The second kappa shape index (κ2) is 10.2. The van der Waals surface area contributed by atoms with Crippen LogP contribution in [0.2, 0.25) is 5.02 Å². The Morgan fingerprint density at radius 2 is 1.75 bits per heavy atom. The summed E-state index contributed by atoms with van der Waals surface area (Å²) in [5.41, 5.74) is 5.95. The summed E-state index contributed by atoms with van der Waals surface area (Å²) in [5, 5.41) is 14.1. The number of benzene rings is 2. The van der Waals surface area contributed by atoms with Crippen LogP contribution in [-0.2, 0) is 4.79 Å². The standard InChI is InChI=1S/C23H19ClN6OS/c1-16(17-11-13-25-14-12-17)26-27-21(31)15-32-23-29-28-22(18-5-3-2-4-6-18)30(23)20-9-7-19(24)8-10-20/h2-14H,15H2,1H3,(H,27,31). The van der Waals surface area contributed by atoms with E-state index in [0.29, 0.717) is 21.7 Å². The van der Waals surface area contributed by atoms with Crippen molar-refractivity contribution in [3.63, 3.8) is 0 Å². The molecule has 2 heterocycles. The topological polar surface area (TPSA) is 85.1 Å². The van der Waals surface area contributed by atoms with E-state index in [2.05, 4.69) is 25.7 Å². The summed E-state index contributed by atoms with van der Waals surface area (Å²) in [7, 11) is 0. The maximum Gasteiger partial charge on any atom is 0.250 e. The number of hydrazone groups is 1. The number of carbonyl (C=O) groups is 1. The van der Waals surface area contributed by atoms with E-state index in [9.17, 15) is 4.79 Å². The fraction of sp³-hybridized carbons (Fsp3) is 0.0870. The van der Waals surface area contributed by atoms with Gasteiger partial charge in [0.1, 0.15) is 0 Å². The van der Waals surface area contributed by atoms with Gasteiger partial charge in [-0.1, -0.05) is 53.7 Å². The number of amides is 1. The molecule has 4 rings (SSSR count). The van der Waals surface area contributed by atoms with E-state index < -0.39 is 0 Å². The number of thioether (sulfide) groups is 1. The smallest absolute Gasteiger partial charge is 0.250 e. The molecule has 0 saturated carbocycles. The number of hydrogen-bond donors (Lipinski definition) is 1. The number of carbonyl (C=O) groups excluding carboxylic acids is 1. The first-order valence-corrected chi connectivity index (χ1v) is 11.1. The zero-order valence-electron chi connectivity index (χ0n) is 17.1. The summed E-state index contributed by atoms with van der Waals surface area (Å²) >= 11 is 7.34. The molecule has 2 aromatic carbocycles. The first kappa shape index (κ1) is 21.7. The van der Waals surface area contributed by atoms with Crippen molar-refractivity contribution in [2.45, 2.75) is 12.1 Å². The lowest BCUT2D eigenvalue weighted by Gasteiger charge is -2.10. The van der Waals surface area contributed by atoms with Crippen LogP contribution in [-0.4, -0.2) is 37.1 Å². The first-order valence-electron chi connectivity index (χ1n) is 9.75. The Bertz CT molecular complexity index is 1230. The Balaban J connectivity index is 1.53. The van der Waals surface area contributed by atoms with Crippen LogP contribution >= 0.6 is 23.4 Å². The van der Waals surface area contributed by atoms with E-state index >= 15 is 0 Å². The Hall–Kier alpha value is -3.49. The van der Waals surface area contributed by atoms with Gasteiger partial charge in [-0.2, -0.15) is 5.10 Å². The maximum absolute atomic E-state index is 12.4. The number of halogens is 1. The number of aromatic nitrogens is 4. The summed E-state index contributed by atoms with van der Waals surface area (Å²) in [5.74, 6) is 0.575. The Kier molecular flexibility index (Phi) is 6.94. The van der Waals surface area contributed by atoms with Gasteiger partial charge in [0, 0.05) is 34.2 Å². The molecule has 1 N–H and O–H groups in total.